The zero-order valence-corrected chi connectivity index (χ0v) is 11.8. The van der Waals surface area contributed by atoms with Crippen molar-refractivity contribution in [2.45, 2.75) is 20.4 Å². The highest BCUT2D eigenvalue weighted by Crippen LogP contribution is 2.27. The summed E-state index contributed by atoms with van der Waals surface area (Å²) >= 11 is 0. The first kappa shape index (κ1) is 13.6. The number of benzene rings is 2. The third kappa shape index (κ3) is 2.49. The van der Waals surface area contributed by atoms with Gasteiger partial charge in [-0.25, -0.2) is 8.78 Å². The van der Waals surface area contributed by atoms with Crippen LogP contribution in [-0.4, -0.2) is 0 Å². The Morgan fingerprint density at radius 2 is 1.81 bits per heavy atom. The van der Waals surface area contributed by atoms with Gasteiger partial charge in [-0.2, -0.15) is 0 Å². The van der Waals surface area contributed by atoms with E-state index in [0.717, 1.165) is 22.3 Å². The molecule has 0 aliphatic heterocycles. The van der Waals surface area contributed by atoms with Gasteiger partial charge in [0.1, 0.15) is 23.0 Å². The van der Waals surface area contributed by atoms with E-state index < -0.39 is 11.6 Å². The van der Waals surface area contributed by atoms with Crippen LogP contribution in [0.1, 0.15) is 16.9 Å². The molecule has 0 atom stereocenters. The van der Waals surface area contributed by atoms with Gasteiger partial charge in [-0.15, -0.1) is 0 Å². The molecule has 2 nitrogen and oxygen atoms in total. The molecule has 21 heavy (non-hydrogen) atoms. The number of hydrogen-bond acceptors (Lipinski definition) is 2. The van der Waals surface area contributed by atoms with E-state index in [2.05, 4.69) is 5.32 Å². The summed E-state index contributed by atoms with van der Waals surface area (Å²) in [6, 6.07) is 10.0. The Kier molecular flexibility index (Phi) is 3.37. The predicted molar refractivity (Wildman–Crippen MR) is 79.4 cm³/mol. The minimum absolute atomic E-state index is 0.155. The Morgan fingerprint density at radius 3 is 2.62 bits per heavy atom. The van der Waals surface area contributed by atoms with Gasteiger partial charge in [0.15, 0.2) is 0 Å². The number of furan rings is 1. The number of halogens is 2. The van der Waals surface area contributed by atoms with Gasteiger partial charge in [-0.1, -0.05) is 18.2 Å². The second-order valence-corrected chi connectivity index (χ2v) is 5.07. The van der Waals surface area contributed by atoms with E-state index in [4.69, 9.17) is 4.42 Å². The largest absolute Gasteiger partial charge is 0.461 e. The van der Waals surface area contributed by atoms with E-state index in [9.17, 15) is 8.78 Å². The van der Waals surface area contributed by atoms with Crippen molar-refractivity contribution in [2.75, 3.05) is 5.32 Å². The zero-order valence-electron chi connectivity index (χ0n) is 11.8. The quantitative estimate of drug-likeness (QED) is 0.738. The molecule has 0 bridgehead atoms. The van der Waals surface area contributed by atoms with Crippen LogP contribution in [0.15, 0.2) is 40.8 Å². The standard InChI is InChI=1S/C17H15F2NO/c1-10-7-15(19)16(8-14(10)18)20-9-13-11(2)21-17-6-4-3-5-12(13)17/h3-8,20H,9H2,1-2H3. The molecular weight excluding hydrogens is 272 g/mol. The van der Waals surface area contributed by atoms with E-state index in [1.807, 2.05) is 31.2 Å². The SMILES string of the molecule is Cc1cc(F)c(NCc2c(C)oc3ccccc23)cc1F. The van der Waals surface area contributed by atoms with Crippen LogP contribution < -0.4 is 5.32 Å². The molecule has 1 heterocycles. The Bertz CT molecular complexity index is 808. The fraction of sp³-hybridized carbons (Fsp3) is 0.176. The Hall–Kier alpha value is -2.36. The molecule has 4 heteroatoms. The Balaban J connectivity index is 1.90. The van der Waals surface area contributed by atoms with Crippen molar-refractivity contribution in [3.8, 4) is 0 Å². The highest BCUT2D eigenvalue weighted by Gasteiger charge is 2.12. The van der Waals surface area contributed by atoms with Crippen LogP contribution in [0.3, 0.4) is 0 Å². The molecule has 2 aromatic carbocycles. The summed E-state index contributed by atoms with van der Waals surface area (Å²) in [5.74, 6) is -0.108. The lowest BCUT2D eigenvalue weighted by atomic mass is 10.1. The van der Waals surface area contributed by atoms with E-state index in [1.54, 1.807) is 0 Å². The van der Waals surface area contributed by atoms with Crippen molar-refractivity contribution in [1.82, 2.24) is 0 Å². The molecule has 0 saturated carbocycles. The van der Waals surface area contributed by atoms with Crippen LogP contribution in [0.25, 0.3) is 11.0 Å². The molecule has 3 aromatic rings. The molecule has 0 aliphatic rings. The first-order chi connectivity index (χ1) is 10.1. The average Bonchev–Trinajstić information content (AvgIpc) is 2.77. The lowest BCUT2D eigenvalue weighted by Crippen LogP contribution is -2.03. The molecule has 0 spiro atoms. The molecule has 0 unspecified atom stereocenters. The van der Waals surface area contributed by atoms with Crippen molar-refractivity contribution in [1.29, 1.82) is 0 Å². The number of aryl methyl sites for hydroxylation is 2. The number of anilines is 1. The second-order valence-electron chi connectivity index (χ2n) is 5.07. The lowest BCUT2D eigenvalue weighted by Gasteiger charge is -2.09. The number of fused-ring (bicyclic) bond motifs is 1. The molecule has 3 rings (SSSR count). The van der Waals surface area contributed by atoms with Crippen molar-refractivity contribution in [2.24, 2.45) is 0 Å². The normalized spacial score (nSPS) is 11.0. The third-order valence-corrected chi connectivity index (χ3v) is 3.60. The van der Waals surface area contributed by atoms with Crippen molar-refractivity contribution >= 4 is 16.7 Å². The van der Waals surface area contributed by atoms with Gasteiger partial charge in [-0.3, -0.25) is 0 Å². The average molecular weight is 287 g/mol. The Morgan fingerprint density at radius 1 is 1.05 bits per heavy atom. The van der Waals surface area contributed by atoms with Crippen LogP contribution >= 0.6 is 0 Å². The van der Waals surface area contributed by atoms with Crippen molar-refractivity contribution in [3.63, 3.8) is 0 Å². The number of hydrogen-bond donors (Lipinski definition) is 1. The van der Waals surface area contributed by atoms with E-state index in [1.165, 1.54) is 19.1 Å². The first-order valence-electron chi connectivity index (χ1n) is 6.73. The monoisotopic (exact) mass is 287 g/mol. The van der Waals surface area contributed by atoms with Crippen molar-refractivity contribution < 1.29 is 13.2 Å². The maximum atomic E-state index is 13.8. The summed E-state index contributed by atoms with van der Waals surface area (Å²) in [5, 5.41) is 3.92. The highest BCUT2D eigenvalue weighted by atomic mass is 19.1. The molecular formula is C17H15F2NO. The van der Waals surface area contributed by atoms with Gasteiger partial charge in [0.05, 0.1) is 5.69 Å². The molecule has 0 saturated heterocycles. The van der Waals surface area contributed by atoms with Gasteiger partial charge >= 0.3 is 0 Å². The maximum Gasteiger partial charge on any atom is 0.146 e. The molecule has 1 N–H and O–H groups in total. The van der Waals surface area contributed by atoms with Gasteiger partial charge < -0.3 is 9.73 Å². The lowest BCUT2D eigenvalue weighted by molar-refractivity contribution is 0.572. The summed E-state index contributed by atoms with van der Waals surface area (Å²) in [7, 11) is 0. The van der Waals surface area contributed by atoms with Gasteiger partial charge in [-0.05, 0) is 31.5 Å². The van der Waals surface area contributed by atoms with Crippen molar-refractivity contribution in [3.05, 3.63) is 64.9 Å². The smallest absolute Gasteiger partial charge is 0.146 e. The van der Waals surface area contributed by atoms with Crippen LogP contribution in [0.4, 0.5) is 14.5 Å². The topological polar surface area (TPSA) is 25.2 Å². The fourth-order valence-corrected chi connectivity index (χ4v) is 2.41. The zero-order chi connectivity index (χ0) is 15.0. The van der Waals surface area contributed by atoms with Gasteiger partial charge in [0.2, 0.25) is 0 Å². The van der Waals surface area contributed by atoms with Crippen LogP contribution in [0.2, 0.25) is 0 Å². The molecule has 0 radical (unpaired) electrons. The van der Waals surface area contributed by atoms with Crippen LogP contribution in [0.5, 0.6) is 0 Å². The fourth-order valence-electron chi connectivity index (χ4n) is 2.41. The van der Waals surface area contributed by atoms with Gasteiger partial charge in [0, 0.05) is 23.6 Å². The summed E-state index contributed by atoms with van der Waals surface area (Å²) in [6.07, 6.45) is 0. The van der Waals surface area contributed by atoms with Gasteiger partial charge in [0.25, 0.3) is 0 Å². The first-order valence-corrected chi connectivity index (χ1v) is 6.73. The van der Waals surface area contributed by atoms with E-state index in [-0.39, 0.29) is 5.69 Å². The molecule has 1 aromatic heterocycles. The minimum Gasteiger partial charge on any atom is -0.461 e. The Labute approximate surface area is 121 Å². The van der Waals surface area contributed by atoms with E-state index >= 15 is 0 Å². The number of para-hydroxylation sites is 1. The predicted octanol–water partition coefficient (Wildman–Crippen LogP) is 4.94. The maximum absolute atomic E-state index is 13.8. The number of rotatable bonds is 3. The third-order valence-electron chi connectivity index (χ3n) is 3.60. The summed E-state index contributed by atoms with van der Waals surface area (Å²) in [5.41, 5.74) is 2.19. The molecule has 0 fully saturated rings. The highest BCUT2D eigenvalue weighted by molar-refractivity contribution is 5.82. The summed E-state index contributed by atoms with van der Waals surface area (Å²) < 4.78 is 33.0. The summed E-state index contributed by atoms with van der Waals surface area (Å²) in [4.78, 5) is 0. The number of nitrogens with one attached hydrogen (secondary N) is 1. The van der Waals surface area contributed by atoms with Crippen LogP contribution in [-0.2, 0) is 6.54 Å². The molecule has 0 aliphatic carbocycles. The van der Waals surface area contributed by atoms with Crippen LogP contribution in [0, 0.1) is 25.5 Å². The minimum atomic E-state index is -0.459. The van der Waals surface area contributed by atoms with E-state index in [0.29, 0.717) is 12.1 Å². The summed E-state index contributed by atoms with van der Waals surface area (Å²) in [6.45, 7) is 3.78. The molecule has 0 amide bonds. The molecule has 108 valence electrons. The second kappa shape index (κ2) is 5.20.